The molecule has 1 saturated heterocycles. The van der Waals surface area contributed by atoms with Crippen LogP contribution in [0.1, 0.15) is 12.8 Å². The van der Waals surface area contributed by atoms with Crippen LogP contribution in [0, 0.1) is 0 Å². The Kier molecular flexibility index (Phi) is 3.68. The van der Waals surface area contributed by atoms with Gasteiger partial charge in [-0.2, -0.15) is 5.10 Å². The van der Waals surface area contributed by atoms with Crippen molar-refractivity contribution in [2.75, 3.05) is 18.0 Å². The highest BCUT2D eigenvalue weighted by atomic mass is 35.5. The van der Waals surface area contributed by atoms with E-state index < -0.39 is 0 Å². The maximum Gasteiger partial charge on any atom is 0.0912 e. The number of rotatable bonds is 2. The number of benzene rings is 1. The van der Waals surface area contributed by atoms with Gasteiger partial charge in [0.05, 0.1) is 17.6 Å². The molecular weight excluding hydrogens is 272 g/mol. The van der Waals surface area contributed by atoms with Gasteiger partial charge in [0, 0.05) is 36.8 Å². The molecule has 20 heavy (non-hydrogen) atoms. The van der Waals surface area contributed by atoms with E-state index in [9.17, 15) is 0 Å². The number of aromatic nitrogens is 2. The van der Waals surface area contributed by atoms with Crippen LogP contribution >= 0.6 is 11.6 Å². The van der Waals surface area contributed by atoms with E-state index in [-0.39, 0.29) is 0 Å². The number of hydrogen-bond acceptors (Lipinski definition) is 3. The molecule has 4 nitrogen and oxygen atoms in total. The zero-order valence-electron chi connectivity index (χ0n) is 11.6. The Morgan fingerprint density at radius 3 is 2.50 bits per heavy atom. The molecule has 0 atom stereocenters. The second-order valence-corrected chi connectivity index (χ2v) is 5.77. The van der Waals surface area contributed by atoms with Gasteiger partial charge in [0.2, 0.25) is 0 Å². The Hall–Kier alpha value is -1.52. The van der Waals surface area contributed by atoms with Crippen molar-refractivity contribution in [2.45, 2.75) is 18.9 Å². The van der Waals surface area contributed by atoms with E-state index in [1.807, 2.05) is 42.2 Å². The van der Waals surface area contributed by atoms with E-state index >= 15 is 0 Å². The SMILES string of the molecule is Cn1ncc(N2CCC(N)CC2)c1-c1ccc(Cl)cc1. The molecule has 3 rings (SSSR count). The average molecular weight is 291 g/mol. The number of nitrogens with two attached hydrogens (primary N) is 1. The first-order valence-corrected chi connectivity index (χ1v) is 7.31. The van der Waals surface area contributed by atoms with Crippen LogP contribution in [0.4, 0.5) is 5.69 Å². The van der Waals surface area contributed by atoms with Crippen molar-refractivity contribution in [3.05, 3.63) is 35.5 Å². The van der Waals surface area contributed by atoms with Gasteiger partial charge in [0.1, 0.15) is 0 Å². The number of hydrogen-bond donors (Lipinski definition) is 1. The molecule has 0 bridgehead atoms. The van der Waals surface area contributed by atoms with Crippen LogP contribution in [0.5, 0.6) is 0 Å². The van der Waals surface area contributed by atoms with Crippen molar-refractivity contribution < 1.29 is 0 Å². The van der Waals surface area contributed by atoms with Crippen molar-refractivity contribution in [2.24, 2.45) is 12.8 Å². The van der Waals surface area contributed by atoms with Crippen molar-refractivity contribution in [3.63, 3.8) is 0 Å². The van der Waals surface area contributed by atoms with Crippen molar-refractivity contribution in [1.82, 2.24) is 9.78 Å². The molecule has 0 unspecified atom stereocenters. The summed E-state index contributed by atoms with van der Waals surface area (Å²) in [5, 5.41) is 5.17. The summed E-state index contributed by atoms with van der Waals surface area (Å²) in [5.74, 6) is 0. The number of anilines is 1. The molecule has 1 aliphatic heterocycles. The molecule has 2 N–H and O–H groups in total. The molecule has 0 amide bonds. The van der Waals surface area contributed by atoms with E-state index in [0.29, 0.717) is 6.04 Å². The standard InChI is InChI=1S/C15H19ClN4/c1-19-15(11-2-4-12(16)5-3-11)14(10-18-19)20-8-6-13(17)7-9-20/h2-5,10,13H,6-9,17H2,1H3. The predicted octanol–water partition coefficient (Wildman–Crippen LogP) is 2.67. The molecule has 0 aliphatic carbocycles. The smallest absolute Gasteiger partial charge is 0.0912 e. The van der Waals surface area contributed by atoms with Crippen LogP contribution in [0.15, 0.2) is 30.5 Å². The van der Waals surface area contributed by atoms with E-state index in [1.54, 1.807) is 0 Å². The molecule has 2 heterocycles. The molecular formula is C15H19ClN4. The summed E-state index contributed by atoms with van der Waals surface area (Å²) in [6.07, 6.45) is 4.02. The van der Waals surface area contributed by atoms with Crippen LogP contribution in [0.25, 0.3) is 11.3 Å². The monoisotopic (exact) mass is 290 g/mol. The fourth-order valence-electron chi connectivity index (χ4n) is 2.74. The van der Waals surface area contributed by atoms with Gasteiger partial charge in [0.25, 0.3) is 0 Å². The van der Waals surface area contributed by atoms with Crippen LogP contribution in [0.3, 0.4) is 0 Å². The van der Waals surface area contributed by atoms with E-state index in [2.05, 4.69) is 10.00 Å². The second kappa shape index (κ2) is 5.46. The minimum absolute atomic E-state index is 0.335. The van der Waals surface area contributed by atoms with Gasteiger partial charge in [-0.25, -0.2) is 0 Å². The fourth-order valence-corrected chi connectivity index (χ4v) is 2.87. The van der Waals surface area contributed by atoms with Crippen LogP contribution in [-0.2, 0) is 7.05 Å². The number of halogens is 1. The maximum absolute atomic E-state index is 5.98. The van der Waals surface area contributed by atoms with Gasteiger partial charge in [-0.15, -0.1) is 0 Å². The molecule has 5 heteroatoms. The summed E-state index contributed by atoms with van der Waals surface area (Å²) in [7, 11) is 1.98. The maximum atomic E-state index is 5.98. The number of piperidine rings is 1. The van der Waals surface area contributed by atoms with Gasteiger partial charge < -0.3 is 10.6 Å². The van der Waals surface area contributed by atoms with Crippen LogP contribution < -0.4 is 10.6 Å². The van der Waals surface area contributed by atoms with E-state index in [0.717, 1.165) is 42.2 Å². The van der Waals surface area contributed by atoms with Gasteiger partial charge in [-0.1, -0.05) is 23.7 Å². The summed E-state index contributed by atoms with van der Waals surface area (Å²) in [6, 6.07) is 8.25. The Bertz CT molecular complexity index is 582. The van der Waals surface area contributed by atoms with Crippen molar-refractivity contribution in [3.8, 4) is 11.3 Å². The Morgan fingerprint density at radius 1 is 1.20 bits per heavy atom. The zero-order chi connectivity index (χ0) is 14.1. The number of aryl methyl sites for hydroxylation is 1. The molecule has 1 fully saturated rings. The lowest BCUT2D eigenvalue weighted by Gasteiger charge is -2.31. The first kappa shape index (κ1) is 13.5. The highest BCUT2D eigenvalue weighted by Crippen LogP contribution is 2.32. The molecule has 0 saturated carbocycles. The first-order chi connectivity index (χ1) is 9.65. The summed E-state index contributed by atoms with van der Waals surface area (Å²) < 4.78 is 1.92. The molecule has 1 aromatic heterocycles. The molecule has 1 aliphatic rings. The summed E-state index contributed by atoms with van der Waals surface area (Å²) in [5.41, 5.74) is 9.44. The molecule has 0 radical (unpaired) electrons. The lowest BCUT2D eigenvalue weighted by molar-refractivity contribution is 0.501. The van der Waals surface area contributed by atoms with E-state index in [4.69, 9.17) is 17.3 Å². The lowest BCUT2D eigenvalue weighted by Crippen LogP contribution is -2.39. The van der Waals surface area contributed by atoms with Gasteiger partial charge in [-0.3, -0.25) is 4.68 Å². The number of nitrogens with zero attached hydrogens (tertiary/aromatic N) is 3. The van der Waals surface area contributed by atoms with Crippen molar-refractivity contribution >= 4 is 17.3 Å². The topological polar surface area (TPSA) is 47.1 Å². The minimum Gasteiger partial charge on any atom is -0.368 e. The molecule has 1 aromatic carbocycles. The average Bonchev–Trinajstić information content (AvgIpc) is 2.83. The normalized spacial score (nSPS) is 16.6. The highest BCUT2D eigenvalue weighted by Gasteiger charge is 2.21. The largest absolute Gasteiger partial charge is 0.368 e. The molecule has 0 spiro atoms. The highest BCUT2D eigenvalue weighted by molar-refractivity contribution is 6.30. The Morgan fingerprint density at radius 2 is 1.85 bits per heavy atom. The summed E-state index contributed by atoms with van der Waals surface area (Å²) in [4.78, 5) is 2.38. The first-order valence-electron chi connectivity index (χ1n) is 6.93. The predicted molar refractivity (Wildman–Crippen MR) is 83.1 cm³/mol. The minimum atomic E-state index is 0.335. The van der Waals surface area contributed by atoms with Gasteiger partial charge in [-0.05, 0) is 25.0 Å². The summed E-state index contributed by atoms with van der Waals surface area (Å²) in [6.45, 7) is 1.99. The Balaban J connectivity index is 1.95. The Labute approximate surface area is 124 Å². The van der Waals surface area contributed by atoms with Gasteiger partial charge in [0.15, 0.2) is 0 Å². The molecule has 106 valence electrons. The zero-order valence-corrected chi connectivity index (χ0v) is 12.3. The fraction of sp³-hybridized carbons (Fsp3) is 0.400. The third-order valence-corrected chi connectivity index (χ3v) is 4.17. The quantitative estimate of drug-likeness (QED) is 0.925. The lowest BCUT2D eigenvalue weighted by atomic mass is 10.0. The van der Waals surface area contributed by atoms with Crippen LogP contribution in [0.2, 0.25) is 5.02 Å². The second-order valence-electron chi connectivity index (χ2n) is 5.33. The van der Waals surface area contributed by atoms with Crippen LogP contribution in [-0.4, -0.2) is 28.9 Å². The summed E-state index contributed by atoms with van der Waals surface area (Å²) >= 11 is 5.97. The van der Waals surface area contributed by atoms with Gasteiger partial charge >= 0.3 is 0 Å². The third kappa shape index (κ3) is 2.53. The molecule has 2 aromatic rings. The van der Waals surface area contributed by atoms with Crippen molar-refractivity contribution in [1.29, 1.82) is 0 Å². The third-order valence-electron chi connectivity index (χ3n) is 3.92. The van der Waals surface area contributed by atoms with E-state index in [1.165, 1.54) is 5.69 Å².